The SMILES string of the molecule is C[C@H]1[C@H](C)CCC[C@@H]1NC(=O)[C@H]1CC(=O)N(c2ccccc2F)C1. The molecule has 1 saturated carbocycles. The normalized spacial score (nSPS) is 30.5. The summed E-state index contributed by atoms with van der Waals surface area (Å²) in [4.78, 5) is 26.2. The number of nitrogens with one attached hydrogen (secondary N) is 1. The number of para-hydroxylation sites is 1. The lowest BCUT2D eigenvalue weighted by atomic mass is 9.78. The minimum atomic E-state index is -0.429. The van der Waals surface area contributed by atoms with Crippen LogP contribution in [-0.2, 0) is 9.59 Å². The van der Waals surface area contributed by atoms with Gasteiger partial charge in [-0.25, -0.2) is 4.39 Å². The van der Waals surface area contributed by atoms with Gasteiger partial charge in [0, 0.05) is 19.0 Å². The van der Waals surface area contributed by atoms with E-state index < -0.39 is 11.7 Å². The van der Waals surface area contributed by atoms with Gasteiger partial charge in [0.25, 0.3) is 0 Å². The molecule has 0 spiro atoms. The van der Waals surface area contributed by atoms with Crippen molar-refractivity contribution in [1.29, 1.82) is 0 Å². The summed E-state index contributed by atoms with van der Waals surface area (Å²) < 4.78 is 13.9. The number of benzene rings is 1. The zero-order valence-electron chi connectivity index (χ0n) is 14.3. The zero-order valence-corrected chi connectivity index (χ0v) is 14.3. The summed E-state index contributed by atoms with van der Waals surface area (Å²) in [6, 6.07) is 6.39. The highest BCUT2D eigenvalue weighted by molar-refractivity contribution is 6.00. The number of amides is 2. The van der Waals surface area contributed by atoms with E-state index in [2.05, 4.69) is 19.2 Å². The summed E-state index contributed by atoms with van der Waals surface area (Å²) >= 11 is 0. The summed E-state index contributed by atoms with van der Waals surface area (Å²) in [5.74, 6) is -0.0479. The first-order valence-corrected chi connectivity index (χ1v) is 8.82. The molecule has 0 radical (unpaired) electrons. The van der Waals surface area contributed by atoms with Crippen molar-refractivity contribution in [1.82, 2.24) is 5.32 Å². The highest BCUT2D eigenvalue weighted by Crippen LogP contribution is 2.31. The largest absolute Gasteiger partial charge is 0.353 e. The van der Waals surface area contributed by atoms with Crippen LogP contribution in [0.5, 0.6) is 0 Å². The van der Waals surface area contributed by atoms with Crippen molar-refractivity contribution in [3.63, 3.8) is 0 Å². The Bertz CT molecular complexity index is 634. The lowest BCUT2D eigenvalue weighted by molar-refractivity contribution is -0.127. The molecule has 1 aliphatic carbocycles. The predicted molar refractivity (Wildman–Crippen MR) is 91.0 cm³/mol. The average molecular weight is 332 g/mol. The predicted octanol–water partition coefficient (Wildman–Crippen LogP) is 3.12. The van der Waals surface area contributed by atoms with Gasteiger partial charge < -0.3 is 10.2 Å². The number of anilines is 1. The molecular weight excluding hydrogens is 307 g/mol. The van der Waals surface area contributed by atoms with Crippen molar-refractivity contribution in [2.75, 3.05) is 11.4 Å². The number of hydrogen-bond donors (Lipinski definition) is 1. The van der Waals surface area contributed by atoms with Crippen LogP contribution in [0.1, 0.15) is 39.5 Å². The van der Waals surface area contributed by atoms with Crippen molar-refractivity contribution >= 4 is 17.5 Å². The fraction of sp³-hybridized carbons (Fsp3) is 0.579. The number of rotatable bonds is 3. The Labute approximate surface area is 142 Å². The van der Waals surface area contributed by atoms with E-state index in [4.69, 9.17) is 0 Å². The molecule has 130 valence electrons. The van der Waals surface area contributed by atoms with E-state index in [1.54, 1.807) is 18.2 Å². The van der Waals surface area contributed by atoms with Crippen LogP contribution in [0.4, 0.5) is 10.1 Å². The number of nitrogens with zero attached hydrogens (tertiary/aromatic N) is 1. The minimum absolute atomic E-state index is 0.0758. The highest BCUT2D eigenvalue weighted by atomic mass is 19.1. The average Bonchev–Trinajstić information content (AvgIpc) is 2.94. The second kappa shape index (κ2) is 6.91. The molecule has 2 amide bonds. The van der Waals surface area contributed by atoms with Crippen molar-refractivity contribution in [3.05, 3.63) is 30.1 Å². The van der Waals surface area contributed by atoms with Gasteiger partial charge in [-0.1, -0.05) is 38.8 Å². The van der Waals surface area contributed by atoms with E-state index in [-0.39, 0.29) is 36.5 Å². The summed E-state index contributed by atoms with van der Waals surface area (Å²) in [7, 11) is 0. The first-order valence-electron chi connectivity index (χ1n) is 8.82. The van der Waals surface area contributed by atoms with E-state index in [0.29, 0.717) is 11.8 Å². The first kappa shape index (κ1) is 16.9. The molecule has 1 heterocycles. The smallest absolute Gasteiger partial charge is 0.227 e. The van der Waals surface area contributed by atoms with Gasteiger partial charge in [0.15, 0.2) is 0 Å². The third kappa shape index (κ3) is 3.30. The van der Waals surface area contributed by atoms with Crippen LogP contribution in [0.2, 0.25) is 0 Å². The van der Waals surface area contributed by atoms with Crippen molar-refractivity contribution in [2.45, 2.75) is 45.6 Å². The van der Waals surface area contributed by atoms with Crippen LogP contribution in [-0.4, -0.2) is 24.4 Å². The molecule has 1 aromatic rings. The molecule has 3 rings (SSSR count). The Morgan fingerprint density at radius 2 is 2.00 bits per heavy atom. The minimum Gasteiger partial charge on any atom is -0.353 e. The van der Waals surface area contributed by atoms with Crippen LogP contribution in [0, 0.1) is 23.6 Å². The van der Waals surface area contributed by atoms with Crippen molar-refractivity contribution < 1.29 is 14.0 Å². The van der Waals surface area contributed by atoms with Crippen LogP contribution >= 0.6 is 0 Å². The molecule has 4 atom stereocenters. The second-order valence-corrected chi connectivity index (χ2v) is 7.24. The van der Waals surface area contributed by atoms with E-state index >= 15 is 0 Å². The maximum Gasteiger partial charge on any atom is 0.227 e. The quantitative estimate of drug-likeness (QED) is 0.924. The Morgan fingerprint density at radius 3 is 2.75 bits per heavy atom. The van der Waals surface area contributed by atoms with Crippen molar-refractivity contribution in [2.24, 2.45) is 17.8 Å². The molecule has 2 fully saturated rings. The maximum absolute atomic E-state index is 13.9. The summed E-state index contributed by atoms with van der Waals surface area (Å²) in [5.41, 5.74) is 0.262. The monoisotopic (exact) mass is 332 g/mol. The molecule has 2 aliphatic rings. The lowest BCUT2D eigenvalue weighted by Crippen LogP contribution is -2.46. The Kier molecular flexibility index (Phi) is 4.88. The standard InChI is InChI=1S/C19H25FN2O2/c1-12-6-5-8-16(13(12)2)21-19(24)14-10-18(23)22(11-14)17-9-4-3-7-15(17)20/h3-4,7,9,12-14,16H,5-6,8,10-11H2,1-2H3,(H,21,24)/t12-,13+,14+,16+/m1/s1. The molecular formula is C19H25FN2O2. The third-order valence-corrected chi connectivity index (χ3v) is 5.67. The summed E-state index contributed by atoms with van der Waals surface area (Å²) in [5, 5.41) is 3.14. The molecule has 5 heteroatoms. The number of carbonyl (C=O) groups excluding carboxylic acids is 2. The summed E-state index contributed by atoms with van der Waals surface area (Å²) in [6.45, 7) is 4.66. The number of halogens is 1. The molecule has 0 unspecified atom stereocenters. The Balaban J connectivity index is 1.65. The van der Waals surface area contributed by atoms with E-state index in [0.717, 1.165) is 12.8 Å². The Morgan fingerprint density at radius 1 is 1.25 bits per heavy atom. The van der Waals surface area contributed by atoms with Crippen LogP contribution in [0.25, 0.3) is 0 Å². The first-order chi connectivity index (χ1) is 11.5. The molecule has 4 nitrogen and oxygen atoms in total. The van der Waals surface area contributed by atoms with Crippen LogP contribution in [0.3, 0.4) is 0 Å². The van der Waals surface area contributed by atoms with Gasteiger partial charge in [0.2, 0.25) is 11.8 Å². The van der Waals surface area contributed by atoms with Gasteiger partial charge >= 0.3 is 0 Å². The van der Waals surface area contributed by atoms with Crippen LogP contribution < -0.4 is 10.2 Å². The van der Waals surface area contributed by atoms with Crippen LogP contribution in [0.15, 0.2) is 24.3 Å². The maximum atomic E-state index is 13.9. The van der Waals surface area contributed by atoms with Gasteiger partial charge in [-0.3, -0.25) is 9.59 Å². The fourth-order valence-electron chi connectivity index (χ4n) is 3.87. The molecule has 1 N–H and O–H groups in total. The molecule has 1 saturated heterocycles. The molecule has 1 aromatic carbocycles. The summed E-state index contributed by atoms with van der Waals surface area (Å²) in [6.07, 6.45) is 3.48. The zero-order chi connectivity index (χ0) is 17.3. The molecule has 0 aromatic heterocycles. The fourth-order valence-corrected chi connectivity index (χ4v) is 3.87. The van der Waals surface area contributed by atoms with Gasteiger partial charge in [0.1, 0.15) is 5.82 Å². The molecule has 24 heavy (non-hydrogen) atoms. The van der Waals surface area contributed by atoms with Gasteiger partial charge in [-0.05, 0) is 30.4 Å². The number of hydrogen-bond acceptors (Lipinski definition) is 2. The van der Waals surface area contributed by atoms with Gasteiger partial charge in [-0.15, -0.1) is 0 Å². The van der Waals surface area contributed by atoms with Gasteiger partial charge in [0.05, 0.1) is 11.6 Å². The number of carbonyl (C=O) groups is 2. The topological polar surface area (TPSA) is 49.4 Å². The Hall–Kier alpha value is -1.91. The van der Waals surface area contributed by atoms with Crippen molar-refractivity contribution in [3.8, 4) is 0 Å². The van der Waals surface area contributed by atoms with E-state index in [1.165, 1.54) is 17.4 Å². The second-order valence-electron chi connectivity index (χ2n) is 7.24. The van der Waals surface area contributed by atoms with E-state index in [9.17, 15) is 14.0 Å². The van der Waals surface area contributed by atoms with E-state index in [1.807, 2.05) is 0 Å². The molecule has 1 aliphatic heterocycles. The third-order valence-electron chi connectivity index (χ3n) is 5.67. The lowest BCUT2D eigenvalue weighted by Gasteiger charge is -2.35. The van der Waals surface area contributed by atoms with Gasteiger partial charge in [-0.2, -0.15) is 0 Å². The molecule has 0 bridgehead atoms. The highest BCUT2D eigenvalue weighted by Gasteiger charge is 2.38.